The van der Waals surface area contributed by atoms with Gasteiger partial charge in [-0.3, -0.25) is 4.90 Å². The van der Waals surface area contributed by atoms with Crippen LogP contribution < -0.4 is 5.73 Å². The normalized spacial score (nSPS) is 20.1. The molecule has 108 valence electrons. The SMILES string of the molecule is NCC(c1scnc1C(F)F)N1CCC(CO)CC1. The van der Waals surface area contributed by atoms with Crippen molar-refractivity contribution in [2.75, 3.05) is 26.2 Å². The molecule has 1 fully saturated rings. The molecule has 1 aromatic heterocycles. The molecule has 2 heterocycles. The number of hydrogen-bond acceptors (Lipinski definition) is 5. The molecule has 0 saturated carbocycles. The number of nitrogens with zero attached hydrogens (tertiary/aromatic N) is 2. The van der Waals surface area contributed by atoms with Crippen LogP contribution in [0.15, 0.2) is 5.51 Å². The molecule has 0 spiro atoms. The van der Waals surface area contributed by atoms with Crippen LogP contribution in [0.5, 0.6) is 0 Å². The van der Waals surface area contributed by atoms with Gasteiger partial charge < -0.3 is 10.8 Å². The monoisotopic (exact) mass is 291 g/mol. The number of piperidine rings is 1. The van der Waals surface area contributed by atoms with E-state index in [4.69, 9.17) is 10.8 Å². The van der Waals surface area contributed by atoms with Crippen molar-refractivity contribution in [1.29, 1.82) is 0 Å². The van der Waals surface area contributed by atoms with Crippen LogP contribution in [0.25, 0.3) is 0 Å². The van der Waals surface area contributed by atoms with E-state index in [0.29, 0.717) is 17.3 Å². The number of alkyl halides is 2. The Hall–Kier alpha value is -0.630. The Balaban J connectivity index is 2.10. The van der Waals surface area contributed by atoms with Crippen molar-refractivity contribution >= 4 is 11.3 Å². The third-order valence-electron chi connectivity index (χ3n) is 3.70. The number of aromatic nitrogens is 1. The van der Waals surface area contributed by atoms with Gasteiger partial charge in [0, 0.05) is 13.2 Å². The van der Waals surface area contributed by atoms with Gasteiger partial charge in [-0.2, -0.15) is 0 Å². The van der Waals surface area contributed by atoms with Crippen molar-refractivity contribution in [3.05, 3.63) is 16.1 Å². The maximum absolute atomic E-state index is 12.9. The summed E-state index contributed by atoms with van der Waals surface area (Å²) in [5, 5.41) is 9.12. The molecule has 1 aliphatic rings. The molecule has 2 rings (SSSR count). The molecule has 0 aromatic carbocycles. The Bertz CT molecular complexity index is 394. The summed E-state index contributed by atoms with van der Waals surface area (Å²) in [4.78, 5) is 6.47. The lowest BCUT2D eigenvalue weighted by molar-refractivity contribution is 0.0994. The molecule has 1 aromatic rings. The Morgan fingerprint density at radius 2 is 2.16 bits per heavy atom. The first kappa shape index (κ1) is 14.8. The van der Waals surface area contributed by atoms with Crippen LogP contribution in [0.1, 0.15) is 35.9 Å². The number of aliphatic hydroxyl groups excluding tert-OH is 1. The topological polar surface area (TPSA) is 62.4 Å². The fraction of sp³-hybridized carbons (Fsp3) is 0.750. The Morgan fingerprint density at radius 1 is 1.47 bits per heavy atom. The first-order valence-corrected chi connectivity index (χ1v) is 7.31. The summed E-state index contributed by atoms with van der Waals surface area (Å²) in [5.74, 6) is 0.325. The zero-order chi connectivity index (χ0) is 13.8. The summed E-state index contributed by atoms with van der Waals surface area (Å²) in [5.41, 5.74) is 7.10. The van der Waals surface area contributed by atoms with E-state index >= 15 is 0 Å². The summed E-state index contributed by atoms with van der Waals surface area (Å²) in [6.07, 6.45) is -0.781. The van der Waals surface area contributed by atoms with Gasteiger partial charge in [0.05, 0.1) is 16.4 Å². The molecule has 0 amide bonds. The van der Waals surface area contributed by atoms with E-state index < -0.39 is 6.43 Å². The first-order valence-electron chi connectivity index (χ1n) is 6.43. The van der Waals surface area contributed by atoms with E-state index in [-0.39, 0.29) is 18.3 Å². The van der Waals surface area contributed by atoms with E-state index in [1.165, 1.54) is 16.8 Å². The molecule has 4 nitrogen and oxygen atoms in total. The molecule has 0 radical (unpaired) electrons. The van der Waals surface area contributed by atoms with Crippen LogP contribution in [0.2, 0.25) is 0 Å². The van der Waals surface area contributed by atoms with Gasteiger partial charge in [0.25, 0.3) is 6.43 Å². The highest BCUT2D eigenvalue weighted by Crippen LogP contribution is 2.34. The van der Waals surface area contributed by atoms with Crippen LogP contribution in [-0.4, -0.2) is 41.2 Å². The second kappa shape index (κ2) is 6.69. The van der Waals surface area contributed by atoms with Gasteiger partial charge in [0.15, 0.2) is 0 Å². The van der Waals surface area contributed by atoms with Gasteiger partial charge in [-0.05, 0) is 31.8 Å². The molecular weight excluding hydrogens is 272 g/mol. The highest BCUT2D eigenvalue weighted by Gasteiger charge is 2.29. The second-order valence-corrected chi connectivity index (χ2v) is 5.70. The molecular formula is C12H19F2N3OS. The average Bonchev–Trinajstić information content (AvgIpc) is 2.90. The van der Waals surface area contributed by atoms with Crippen LogP contribution in [0.3, 0.4) is 0 Å². The summed E-state index contributed by atoms with van der Waals surface area (Å²) >= 11 is 1.25. The molecule has 1 atom stereocenters. The smallest absolute Gasteiger partial charge is 0.281 e. The van der Waals surface area contributed by atoms with Crippen LogP contribution in [-0.2, 0) is 0 Å². The van der Waals surface area contributed by atoms with Crippen molar-refractivity contribution in [3.63, 3.8) is 0 Å². The molecule has 1 unspecified atom stereocenters. The van der Waals surface area contributed by atoms with Crippen molar-refractivity contribution < 1.29 is 13.9 Å². The third kappa shape index (κ3) is 3.28. The summed E-state index contributed by atoms with van der Waals surface area (Å²) < 4.78 is 25.8. The van der Waals surface area contributed by atoms with Gasteiger partial charge in [0.2, 0.25) is 0 Å². The Kier molecular flexibility index (Phi) is 5.20. The fourth-order valence-corrected chi connectivity index (χ4v) is 3.49. The Morgan fingerprint density at radius 3 is 2.68 bits per heavy atom. The van der Waals surface area contributed by atoms with E-state index in [1.54, 1.807) is 0 Å². The molecule has 19 heavy (non-hydrogen) atoms. The standard InChI is InChI=1S/C12H19F2N3OS/c13-12(14)10-11(19-7-16-10)9(5-15)17-3-1-8(6-18)2-4-17/h7-9,12,18H,1-6,15H2. The van der Waals surface area contributed by atoms with Gasteiger partial charge in [-0.1, -0.05) is 0 Å². The Labute approximate surface area is 115 Å². The fourth-order valence-electron chi connectivity index (χ4n) is 2.55. The zero-order valence-electron chi connectivity index (χ0n) is 10.6. The predicted molar refractivity (Wildman–Crippen MR) is 70.2 cm³/mol. The van der Waals surface area contributed by atoms with E-state index in [2.05, 4.69) is 9.88 Å². The number of rotatable bonds is 5. The molecule has 1 saturated heterocycles. The van der Waals surface area contributed by atoms with Gasteiger partial charge in [-0.25, -0.2) is 13.8 Å². The minimum absolute atomic E-state index is 0.135. The quantitative estimate of drug-likeness (QED) is 0.868. The second-order valence-electron chi connectivity index (χ2n) is 4.82. The molecule has 3 N–H and O–H groups in total. The molecule has 1 aliphatic heterocycles. The largest absolute Gasteiger partial charge is 0.396 e. The number of halogens is 2. The number of aliphatic hydroxyl groups is 1. The van der Waals surface area contributed by atoms with E-state index in [9.17, 15) is 8.78 Å². The van der Waals surface area contributed by atoms with E-state index in [1.807, 2.05) is 0 Å². The lowest BCUT2D eigenvalue weighted by Crippen LogP contribution is -2.40. The number of hydrogen-bond donors (Lipinski definition) is 2. The van der Waals surface area contributed by atoms with Crippen molar-refractivity contribution in [3.8, 4) is 0 Å². The van der Waals surface area contributed by atoms with E-state index in [0.717, 1.165) is 25.9 Å². The van der Waals surface area contributed by atoms with Crippen LogP contribution in [0.4, 0.5) is 8.78 Å². The van der Waals surface area contributed by atoms with Crippen LogP contribution in [0, 0.1) is 5.92 Å². The highest BCUT2D eigenvalue weighted by atomic mass is 32.1. The lowest BCUT2D eigenvalue weighted by atomic mass is 9.96. The average molecular weight is 291 g/mol. The maximum atomic E-state index is 12.9. The summed E-state index contributed by atoms with van der Waals surface area (Å²) in [7, 11) is 0. The summed E-state index contributed by atoms with van der Waals surface area (Å²) in [6.45, 7) is 2.08. The third-order valence-corrected chi connectivity index (χ3v) is 4.65. The minimum Gasteiger partial charge on any atom is -0.396 e. The van der Waals surface area contributed by atoms with Gasteiger partial charge >= 0.3 is 0 Å². The summed E-state index contributed by atoms with van der Waals surface area (Å²) in [6, 6.07) is -0.184. The number of likely N-dealkylation sites (tertiary alicyclic amines) is 1. The van der Waals surface area contributed by atoms with Gasteiger partial charge in [0.1, 0.15) is 5.69 Å². The zero-order valence-corrected chi connectivity index (χ0v) is 11.5. The highest BCUT2D eigenvalue weighted by molar-refractivity contribution is 7.09. The van der Waals surface area contributed by atoms with Crippen molar-refractivity contribution in [2.24, 2.45) is 11.7 Å². The number of thiazole rings is 1. The number of nitrogens with two attached hydrogens (primary N) is 1. The van der Waals surface area contributed by atoms with Crippen molar-refractivity contribution in [2.45, 2.75) is 25.3 Å². The molecule has 0 bridgehead atoms. The molecule has 7 heteroatoms. The maximum Gasteiger partial charge on any atom is 0.281 e. The van der Waals surface area contributed by atoms with Crippen LogP contribution >= 0.6 is 11.3 Å². The first-order chi connectivity index (χ1) is 9.17. The van der Waals surface area contributed by atoms with Gasteiger partial charge in [-0.15, -0.1) is 11.3 Å². The minimum atomic E-state index is -2.55. The van der Waals surface area contributed by atoms with Crippen molar-refractivity contribution in [1.82, 2.24) is 9.88 Å². The predicted octanol–water partition coefficient (Wildman–Crippen LogP) is 1.78. The lowest BCUT2D eigenvalue weighted by Gasteiger charge is -2.36. The molecule has 0 aliphatic carbocycles.